The summed E-state index contributed by atoms with van der Waals surface area (Å²) in [5.41, 5.74) is 8.79. The molecule has 28 heavy (non-hydrogen) atoms. The Kier molecular flexibility index (Phi) is 6.31. The fourth-order valence-corrected chi connectivity index (χ4v) is 4.21. The molecule has 4 rings (SSSR count). The summed E-state index contributed by atoms with van der Waals surface area (Å²) >= 11 is 0. The molecule has 0 bridgehead atoms. The van der Waals surface area contributed by atoms with Gasteiger partial charge in [-0.15, -0.1) is 0 Å². The second-order valence-electron chi connectivity index (χ2n) is 7.68. The molecule has 2 aliphatic heterocycles. The predicted molar refractivity (Wildman–Crippen MR) is 109 cm³/mol. The highest BCUT2D eigenvalue weighted by Gasteiger charge is 2.31. The molecule has 2 aliphatic rings. The normalized spacial score (nSPS) is 24.0. The lowest BCUT2D eigenvalue weighted by Gasteiger charge is -2.35. The number of hydrazine groups is 1. The summed E-state index contributed by atoms with van der Waals surface area (Å²) in [7, 11) is 0. The van der Waals surface area contributed by atoms with Crippen LogP contribution in [0.15, 0.2) is 54.9 Å². The van der Waals surface area contributed by atoms with Gasteiger partial charge in [0.25, 0.3) is 0 Å². The molecular formula is C22H29N5O. The summed E-state index contributed by atoms with van der Waals surface area (Å²) in [5.74, 6) is 0.0526. The van der Waals surface area contributed by atoms with Crippen molar-refractivity contribution in [3.63, 3.8) is 0 Å². The van der Waals surface area contributed by atoms with Gasteiger partial charge in [0.2, 0.25) is 5.91 Å². The van der Waals surface area contributed by atoms with E-state index in [9.17, 15) is 4.79 Å². The second-order valence-corrected chi connectivity index (χ2v) is 7.68. The minimum atomic E-state index is -0.221. The summed E-state index contributed by atoms with van der Waals surface area (Å²) in [6, 6.07) is 14.5. The van der Waals surface area contributed by atoms with Crippen molar-refractivity contribution >= 4 is 5.91 Å². The van der Waals surface area contributed by atoms with Crippen LogP contribution in [0.1, 0.15) is 48.9 Å². The molecule has 2 saturated heterocycles. The van der Waals surface area contributed by atoms with Crippen molar-refractivity contribution in [2.45, 2.75) is 43.8 Å². The maximum Gasteiger partial charge on any atom is 0.238 e. The van der Waals surface area contributed by atoms with Crippen LogP contribution in [0, 0.1) is 0 Å². The topological polar surface area (TPSA) is 69.3 Å². The van der Waals surface area contributed by atoms with Crippen LogP contribution >= 0.6 is 0 Å². The monoisotopic (exact) mass is 379 g/mol. The number of nitrogens with one attached hydrogen (secondary N) is 3. The van der Waals surface area contributed by atoms with Crippen LogP contribution in [0.3, 0.4) is 0 Å². The first-order chi connectivity index (χ1) is 13.8. The molecule has 1 amide bonds. The molecule has 148 valence electrons. The molecule has 3 atom stereocenters. The smallest absolute Gasteiger partial charge is 0.238 e. The maximum atomic E-state index is 12.8. The van der Waals surface area contributed by atoms with Gasteiger partial charge in [-0.3, -0.25) is 14.7 Å². The Bertz CT molecular complexity index is 748. The third-order valence-corrected chi connectivity index (χ3v) is 5.79. The fraction of sp³-hybridized carbons (Fsp3) is 0.455. The molecule has 6 nitrogen and oxygen atoms in total. The van der Waals surface area contributed by atoms with E-state index in [0.29, 0.717) is 6.54 Å². The Hall–Kier alpha value is -2.28. The van der Waals surface area contributed by atoms with Crippen LogP contribution in [0.5, 0.6) is 0 Å². The van der Waals surface area contributed by atoms with Crippen molar-refractivity contribution < 1.29 is 4.79 Å². The van der Waals surface area contributed by atoms with Crippen LogP contribution in [0.2, 0.25) is 0 Å². The highest BCUT2D eigenvalue weighted by molar-refractivity contribution is 5.82. The summed E-state index contributed by atoms with van der Waals surface area (Å²) in [4.78, 5) is 19.6. The first-order valence-electron chi connectivity index (χ1n) is 10.3. The number of hydrogen-bond donors (Lipinski definition) is 3. The van der Waals surface area contributed by atoms with Crippen molar-refractivity contribution in [2.75, 3.05) is 19.6 Å². The van der Waals surface area contributed by atoms with E-state index in [-0.39, 0.29) is 24.0 Å². The SMILES string of the molecule is O=C(NCC(c1cccnc1)N1CCCCC1)C1CC(c2ccccc2)NN1. The number of likely N-dealkylation sites (tertiary alicyclic amines) is 1. The average molecular weight is 380 g/mol. The largest absolute Gasteiger partial charge is 0.353 e. The number of carbonyl (C=O) groups is 1. The third-order valence-electron chi connectivity index (χ3n) is 5.79. The standard InChI is InChI=1S/C22H29N5O/c28-22(20-14-19(25-26-20)17-8-3-1-4-9-17)24-16-21(18-10-7-11-23-15-18)27-12-5-2-6-13-27/h1,3-4,7-11,15,19-21,25-26H,2,5-6,12-14,16H2,(H,24,28). The third kappa shape index (κ3) is 4.58. The van der Waals surface area contributed by atoms with Crippen LogP contribution in [0.4, 0.5) is 0 Å². The Balaban J connectivity index is 1.36. The van der Waals surface area contributed by atoms with Crippen LogP contribution in [0.25, 0.3) is 0 Å². The molecule has 2 fully saturated rings. The van der Waals surface area contributed by atoms with Gasteiger partial charge in [-0.25, -0.2) is 10.9 Å². The van der Waals surface area contributed by atoms with Crippen molar-refractivity contribution in [3.8, 4) is 0 Å². The lowest BCUT2D eigenvalue weighted by Crippen LogP contribution is -2.46. The number of hydrogen-bond acceptors (Lipinski definition) is 5. The van der Waals surface area contributed by atoms with Gasteiger partial charge < -0.3 is 5.32 Å². The first kappa shape index (κ1) is 19.1. The highest BCUT2D eigenvalue weighted by Crippen LogP contribution is 2.25. The zero-order chi connectivity index (χ0) is 19.2. The van der Waals surface area contributed by atoms with Crippen molar-refractivity contribution in [1.82, 2.24) is 26.1 Å². The van der Waals surface area contributed by atoms with Gasteiger partial charge in [-0.05, 0) is 49.5 Å². The molecule has 1 aromatic heterocycles. The first-order valence-corrected chi connectivity index (χ1v) is 10.3. The number of piperidine rings is 1. The van der Waals surface area contributed by atoms with Crippen molar-refractivity contribution in [3.05, 3.63) is 66.0 Å². The number of rotatable bonds is 6. The zero-order valence-electron chi connectivity index (χ0n) is 16.2. The van der Waals surface area contributed by atoms with Gasteiger partial charge in [0.05, 0.1) is 6.04 Å². The number of amides is 1. The predicted octanol–water partition coefficient (Wildman–Crippen LogP) is 2.33. The maximum absolute atomic E-state index is 12.8. The van der Waals surface area contributed by atoms with E-state index in [2.05, 4.69) is 44.3 Å². The summed E-state index contributed by atoms with van der Waals surface area (Å²) in [5, 5.41) is 3.18. The van der Waals surface area contributed by atoms with E-state index in [1.807, 2.05) is 30.5 Å². The fourth-order valence-electron chi connectivity index (χ4n) is 4.21. The number of aromatic nitrogens is 1. The van der Waals surface area contributed by atoms with Gasteiger partial charge >= 0.3 is 0 Å². The van der Waals surface area contributed by atoms with Gasteiger partial charge in [0, 0.05) is 25.0 Å². The van der Waals surface area contributed by atoms with Gasteiger partial charge in [-0.1, -0.05) is 42.8 Å². The minimum Gasteiger partial charge on any atom is -0.353 e. The van der Waals surface area contributed by atoms with Crippen LogP contribution < -0.4 is 16.2 Å². The van der Waals surface area contributed by atoms with E-state index in [1.165, 1.54) is 30.4 Å². The molecule has 3 N–H and O–H groups in total. The minimum absolute atomic E-state index is 0.0526. The Morgan fingerprint density at radius 1 is 1.11 bits per heavy atom. The average Bonchev–Trinajstić information content (AvgIpc) is 3.26. The number of benzene rings is 1. The van der Waals surface area contributed by atoms with Crippen LogP contribution in [-0.2, 0) is 4.79 Å². The molecule has 1 aromatic carbocycles. The second kappa shape index (κ2) is 9.28. The molecule has 0 saturated carbocycles. The lowest BCUT2D eigenvalue weighted by molar-refractivity contribution is -0.123. The van der Waals surface area contributed by atoms with E-state index >= 15 is 0 Å². The van der Waals surface area contributed by atoms with E-state index in [0.717, 1.165) is 19.5 Å². The molecule has 0 radical (unpaired) electrons. The lowest BCUT2D eigenvalue weighted by atomic mass is 10.0. The molecule has 0 aliphatic carbocycles. The number of carbonyl (C=O) groups excluding carboxylic acids is 1. The molecule has 0 spiro atoms. The molecule has 3 unspecified atom stereocenters. The number of nitrogens with zero attached hydrogens (tertiary/aromatic N) is 2. The molecular weight excluding hydrogens is 350 g/mol. The Morgan fingerprint density at radius 2 is 1.93 bits per heavy atom. The van der Waals surface area contributed by atoms with Gasteiger partial charge in [0.15, 0.2) is 0 Å². The molecule has 2 aromatic rings. The summed E-state index contributed by atoms with van der Waals surface area (Å²) in [6.07, 6.45) is 8.20. The Labute approximate surface area is 166 Å². The zero-order valence-corrected chi connectivity index (χ0v) is 16.2. The van der Waals surface area contributed by atoms with E-state index in [4.69, 9.17) is 0 Å². The quantitative estimate of drug-likeness (QED) is 0.719. The highest BCUT2D eigenvalue weighted by atomic mass is 16.2. The van der Waals surface area contributed by atoms with Crippen LogP contribution in [-0.4, -0.2) is 41.5 Å². The van der Waals surface area contributed by atoms with Crippen molar-refractivity contribution in [1.29, 1.82) is 0 Å². The molecule has 6 heteroatoms. The van der Waals surface area contributed by atoms with Crippen molar-refractivity contribution in [2.24, 2.45) is 0 Å². The van der Waals surface area contributed by atoms with E-state index in [1.54, 1.807) is 6.20 Å². The summed E-state index contributed by atoms with van der Waals surface area (Å²) < 4.78 is 0. The molecule has 3 heterocycles. The summed E-state index contributed by atoms with van der Waals surface area (Å²) in [6.45, 7) is 2.77. The Morgan fingerprint density at radius 3 is 2.68 bits per heavy atom. The number of pyridine rings is 1. The van der Waals surface area contributed by atoms with Gasteiger partial charge in [0.1, 0.15) is 6.04 Å². The van der Waals surface area contributed by atoms with E-state index < -0.39 is 0 Å². The van der Waals surface area contributed by atoms with Gasteiger partial charge in [-0.2, -0.15) is 0 Å².